The number of halogens is 1. The molecule has 188 valence electrons. The van der Waals surface area contributed by atoms with E-state index in [0.717, 1.165) is 16.0 Å². The Morgan fingerprint density at radius 3 is 2.49 bits per heavy atom. The number of rotatable bonds is 7. The lowest BCUT2D eigenvalue weighted by Gasteiger charge is -2.26. The van der Waals surface area contributed by atoms with E-state index in [-0.39, 0.29) is 30.0 Å². The summed E-state index contributed by atoms with van der Waals surface area (Å²) in [6.45, 7) is 4.14. The van der Waals surface area contributed by atoms with E-state index in [1.807, 2.05) is 31.2 Å². The van der Waals surface area contributed by atoms with E-state index >= 15 is 0 Å². The monoisotopic (exact) mass is 518 g/mol. The average Bonchev–Trinajstić information content (AvgIpc) is 2.86. The first-order valence-corrected chi connectivity index (χ1v) is 11.8. The number of imide groups is 2. The summed E-state index contributed by atoms with van der Waals surface area (Å²) in [4.78, 5) is 51.2. The lowest BCUT2D eigenvalue weighted by molar-refractivity contribution is -0.122. The maximum absolute atomic E-state index is 13.3. The number of esters is 1. The first kappa shape index (κ1) is 25.7. The van der Waals surface area contributed by atoms with Crippen molar-refractivity contribution in [3.63, 3.8) is 0 Å². The number of hydrogen-bond acceptors (Lipinski definition) is 6. The highest BCUT2D eigenvalue weighted by Crippen LogP contribution is 2.29. The van der Waals surface area contributed by atoms with Crippen molar-refractivity contribution in [1.29, 1.82) is 0 Å². The topological polar surface area (TPSA) is 102 Å². The fourth-order valence-corrected chi connectivity index (χ4v) is 3.92. The van der Waals surface area contributed by atoms with Gasteiger partial charge >= 0.3 is 12.0 Å². The first-order valence-electron chi connectivity index (χ1n) is 11.4. The van der Waals surface area contributed by atoms with Crippen LogP contribution in [0.5, 0.6) is 5.75 Å². The molecular formula is C28H23ClN2O6. The van der Waals surface area contributed by atoms with Crippen LogP contribution >= 0.6 is 11.6 Å². The van der Waals surface area contributed by atoms with Crippen molar-refractivity contribution >= 4 is 47.2 Å². The Kier molecular flexibility index (Phi) is 7.69. The van der Waals surface area contributed by atoms with Crippen LogP contribution in [0.15, 0.2) is 72.3 Å². The van der Waals surface area contributed by atoms with E-state index in [0.29, 0.717) is 16.3 Å². The predicted molar refractivity (Wildman–Crippen MR) is 138 cm³/mol. The molecule has 1 N–H and O–H groups in total. The van der Waals surface area contributed by atoms with E-state index in [4.69, 9.17) is 21.1 Å². The van der Waals surface area contributed by atoms with Gasteiger partial charge in [-0.05, 0) is 68.0 Å². The number of urea groups is 1. The molecular weight excluding hydrogens is 496 g/mol. The summed E-state index contributed by atoms with van der Waals surface area (Å²) in [6, 6.07) is 17.5. The van der Waals surface area contributed by atoms with Crippen molar-refractivity contribution in [3.05, 3.63) is 99.6 Å². The number of aryl methyl sites for hydroxylation is 1. The molecule has 0 spiro atoms. The fourth-order valence-electron chi connectivity index (χ4n) is 3.74. The van der Waals surface area contributed by atoms with Gasteiger partial charge < -0.3 is 9.47 Å². The minimum atomic E-state index is -0.905. The summed E-state index contributed by atoms with van der Waals surface area (Å²) in [5.74, 6) is -1.80. The van der Waals surface area contributed by atoms with Crippen LogP contribution in [-0.4, -0.2) is 30.4 Å². The van der Waals surface area contributed by atoms with Crippen LogP contribution in [0.25, 0.3) is 6.08 Å². The number of nitrogens with zero attached hydrogens (tertiary/aromatic N) is 1. The maximum Gasteiger partial charge on any atom is 0.338 e. The van der Waals surface area contributed by atoms with E-state index < -0.39 is 23.8 Å². The highest BCUT2D eigenvalue weighted by molar-refractivity contribution is 6.39. The van der Waals surface area contributed by atoms with Gasteiger partial charge in [-0.15, -0.1) is 0 Å². The van der Waals surface area contributed by atoms with Crippen molar-refractivity contribution < 1.29 is 28.7 Å². The lowest BCUT2D eigenvalue weighted by Crippen LogP contribution is -2.54. The average molecular weight is 519 g/mol. The normalized spacial score (nSPS) is 14.5. The SMILES string of the molecule is CCOC(=O)c1ccc(N2C(=O)NC(=O)/C(=C\c3cc(Cl)ccc3OCc3cccc(C)c3)C2=O)cc1. The number of nitrogens with one attached hydrogen (secondary N) is 1. The molecule has 1 heterocycles. The van der Waals surface area contributed by atoms with E-state index in [9.17, 15) is 19.2 Å². The molecule has 1 aliphatic rings. The minimum Gasteiger partial charge on any atom is -0.488 e. The molecule has 1 aliphatic heterocycles. The van der Waals surface area contributed by atoms with Gasteiger partial charge in [-0.3, -0.25) is 14.9 Å². The molecule has 0 atom stereocenters. The van der Waals surface area contributed by atoms with Gasteiger partial charge in [0.2, 0.25) is 0 Å². The number of hydrogen-bond donors (Lipinski definition) is 1. The van der Waals surface area contributed by atoms with Crippen LogP contribution in [0, 0.1) is 6.92 Å². The Morgan fingerprint density at radius 1 is 1.03 bits per heavy atom. The summed E-state index contributed by atoms with van der Waals surface area (Å²) in [5, 5.41) is 2.55. The third kappa shape index (κ3) is 5.87. The van der Waals surface area contributed by atoms with Gasteiger partial charge in [0.25, 0.3) is 11.8 Å². The summed E-state index contributed by atoms with van der Waals surface area (Å²) in [5.41, 5.74) is 2.59. The van der Waals surface area contributed by atoms with Crippen LogP contribution in [0.3, 0.4) is 0 Å². The van der Waals surface area contributed by atoms with Gasteiger partial charge in [-0.1, -0.05) is 41.4 Å². The number of carbonyl (C=O) groups is 4. The van der Waals surface area contributed by atoms with Gasteiger partial charge in [0.05, 0.1) is 17.9 Å². The van der Waals surface area contributed by atoms with Crippen LogP contribution in [-0.2, 0) is 20.9 Å². The van der Waals surface area contributed by atoms with Gasteiger partial charge in [0, 0.05) is 10.6 Å². The largest absolute Gasteiger partial charge is 0.488 e. The second-order valence-corrected chi connectivity index (χ2v) is 8.62. The Bertz CT molecular complexity index is 1410. The molecule has 1 fully saturated rings. The third-order valence-electron chi connectivity index (χ3n) is 5.49. The zero-order valence-electron chi connectivity index (χ0n) is 20.1. The molecule has 8 nitrogen and oxygen atoms in total. The smallest absolute Gasteiger partial charge is 0.338 e. The molecule has 0 aromatic heterocycles. The minimum absolute atomic E-state index is 0.177. The van der Waals surface area contributed by atoms with Gasteiger partial charge in [-0.2, -0.15) is 0 Å². The second kappa shape index (κ2) is 11.1. The maximum atomic E-state index is 13.3. The Labute approximate surface area is 218 Å². The van der Waals surface area contributed by atoms with E-state index in [1.54, 1.807) is 25.1 Å². The number of barbiturate groups is 1. The van der Waals surface area contributed by atoms with Gasteiger partial charge in [0.1, 0.15) is 17.9 Å². The van der Waals surface area contributed by atoms with Gasteiger partial charge in [-0.25, -0.2) is 14.5 Å². The molecule has 4 amide bonds. The summed E-state index contributed by atoms with van der Waals surface area (Å²) in [7, 11) is 0. The molecule has 0 aliphatic carbocycles. The van der Waals surface area contributed by atoms with E-state index in [2.05, 4.69) is 5.32 Å². The van der Waals surface area contributed by atoms with Gasteiger partial charge in [0.15, 0.2) is 0 Å². The molecule has 3 aromatic carbocycles. The third-order valence-corrected chi connectivity index (χ3v) is 5.72. The lowest BCUT2D eigenvalue weighted by atomic mass is 10.1. The molecule has 0 unspecified atom stereocenters. The van der Waals surface area contributed by atoms with Crippen molar-refractivity contribution in [2.24, 2.45) is 0 Å². The first-order chi connectivity index (χ1) is 17.8. The highest BCUT2D eigenvalue weighted by atomic mass is 35.5. The number of carbonyl (C=O) groups excluding carboxylic acids is 4. The molecule has 9 heteroatoms. The van der Waals surface area contributed by atoms with Crippen molar-refractivity contribution in [2.75, 3.05) is 11.5 Å². The molecule has 37 heavy (non-hydrogen) atoms. The number of ether oxygens (including phenoxy) is 2. The molecule has 0 bridgehead atoms. The standard InChI is InChI=1S/C28H23ClN2O6/c1-3-36-27(34)19-7-10-22(11-8-19)31-26(33)23(25(32)30-28(31)35)15-20-14-21(29)9-12-24(20)37-16-18-6-4-5-17(2)13-18/h4-15H,3,16H2,1-2H3,(H,30,32,35)/b23-15+. The second-order valence-electron chi connectivity index (χ2n) is 8.19. The Balaban J connectivity index is 1.63. The quantitative estimate of drug-likeness (QED) is 0.266. The Morgan fingerprint density at radius 2 is 1.78 bits per heavy atom. The van der Waals surface area contributed by atoms with Crippen LogP contribution < -0.4 is 15.0 Å². The molecule has 3 aromatic rings. The highest BCUT2D eigenvalue weighted by Gasteiger charge is 2.37. The van der Waals surface area contributed by atoms with Crippen LogP contribution in [0.1, 0.15) is 34.0 Å². The number of benzene rings is 3. The molecule has 1 saturated heterocycles. The molecule has 0 saturated carbocycles. The predicted octanol–water partition coefficient (Wildman–Crippen LogP) is 5.07. The van der Waals surface area contributed by atoms with Crippen LogP contribution in [0.4, 0.5) is 10.5 Å². The fraction of sp³-hybridized carbons (Fsp3) is 0.143. The van der Waals surface area contributed by atoms with Crippen molar-refractivity contribution in [3.8, 4) is 5.75 Å². The number of anilines is 1. The van der Waals surface area contributed by atoms with Crippen molar-refractivity contribution in [2.45, 2.75) is 20.5 Å². The van der Waals surface area contributed by atoms with Crippen LogP contribution in [0.2, 0.25) is 5.02 Å². The number of amides is 4. The Hall–Kier alpha value is -4.43. The summed E-state index contributed by atoms with van der Waals surface area (Å²) in [6.07, 6.45) is 1.33. The summed E-state index contributed by atoms with van der Waals surface area (Å²) >= 11 is 6.18. The van der Waals surface area contributed by atoms with Crippen molar-refractivity contribution in [1.82, 2.24) is 5.32 Å². The van der Waals surface area contributed by atoms with E-state index in [1.165, 1.54) is 30.3 Å². The molecule has 4 rings (SSSR count). The zero-order valence-corrected chi connectivity index (χ0v) is 20.9. The molecule has 0 radical (unpaired) electrons. The summed E-state index contributed by atoms with van der Waals surface area (Å²) < 4.78 is 10.9. The zero-order chi connectivity index (χ0) is 26.5.